The van der Waals surface area contributed by atoms with Gasteiger partial charge in [-0.2, -0.15) is 0 Å². The maximum absolute atomic E-state index is 11.3. The Hall–Kier alpha value is -1.29. The first-order chi connectivity index (χ1) is 7.10. The number of phenolic OH excluding ortho intramolecular Hbond substituents is 1. The van der Waals surface area contributed by atoms with Crippen molar-refractivity contribution in [3.8, 4) is 5.75 Å². The lowest BCUT2D eigenvalue weighted by Crippen LogP contribution is -2.02. The molecule has 0 unspecified atom stereocenters. The Morgan fingerprint density at radius 1 is 1.60 bits per heavy atom. The van der Waals surface area contributed by atoms with Crippen LogP contribution in [0.5, 0.6) is 5.75 Å². The number of aromatic hydroxyl groups is 1. The topological polar surface area (TPSA) is 46.5 Å². The minimum Gasteiger partial charge on any atom is -0.507 e. The fraction of sp³-hybridized carbons (Fsp3) is 0.182. The molecule has 80 valence electrons. The number of benzene rings is 1. The maximum Gasteiger partial charge on any atom is 0.341 e. The van der Waals surface area contributed by atoms with Gasteiger partial charge in [0.2, 0.25) is 0 Å². The number of methoxy groups -OCH3 is 1. The number of rotatable bonds is 3. The molecule has 0 saturated heterocycles. The van der Waals surface area contributed by atoms with Crippen LogP contribution in [0.4, 0.5) is 0 Å². The Morgan fingerprint density at radius 2 is 2.27 bits per heavy atom. The van der Waals surface area contributed by atoms with E-state index < -0.39 is 5.97 Å². The normalized spacial score (nSPS) is 9.73. The van der Waals surface area contributed by atoms with Gasteiger partial charge in [0.25, 0.3) is 0 Å². The summed E-state index contributed by atoms with van der Waals surface area (Å²) in [6.07, 6.45) is 0. The Balaban J connectivity index is 3.16. The third-order valence-corrected chi connectivity index (χ3v) is 2.65. The van der Waals surface area contributed by atoms with Crippen LogP contribution in [0.25, 0.3) is 5.57 Å². The minimum atomic E-state index is -0.559. The molecule has 0 saturated carbocycles. The summed E-state index contributed by atoms with van der Waals surface area (Å²) in [5, 5.41) is 10.1. The van der Waals surface area contributed by atoms with Crippen LogP contribution in [0.2, 0.25) is 0 Å². The van der Waals surface area contributed by atoms with Crippen LogP contribution in [-0.4, -0.2) is 23.5 Å². The summed E-state index contributed by atoms with van der Waals surface area (Å²) in [4.78, 5) is 11.3. The number of hydrogen-bond acceptors (Lipinski definition) is 3. The van der Waals surface area contributed by atoms with Crippen molar-refractivity contribution >= 4 is 27.5 Å². The number of carbonyl (C=O) groups is 1. The fourth-order valence-corrected chi connectivity index (χ4v) is 1.43. The van der Waals surface area contributed by atoms with Crippen LogP contribution >= 0.6 is 15.9 Å². The first-order valence-electron chi connectivity index (χ1n) is 4.25. The molecular formula is C11H11BrO3. The Morgan fingerprint density at radius 3 is 2.80 bits per heavy atom. The molecule has 1 aromatic carbocycles. The van der Waals surface area contributed by atoms with Gasteiger partial charge >= 0.3 is 5.97 Å². The minimum absolute atomic E-state index is 0.0898. The molecule has 15 heavy (non-hydrogen) atoms. The number of allylic oxidation sites excluding steroid dienone is 1. The van der Waals surface area contributed by atoms with Crippen molar-refractivity contribution in [2.45, 2.75) is 0 Å². The number of halogens is 1. The van der Waals surface area contributed by atoms with Gasteiger partial charge in [0.05, 0.1) is 7.11 Å². The lowest BCUT2D eigenvalue weighted by Gasteiger charge is -2.06. The molecule has 0 radical (unpaired) electrons. The Bertz CT molecular complexity index is 399. The lowest BCUT2D eigenvalue weighted by molar-refractivity contribution is 0.0597. The van der Waals surface area contributed by atoms with Crippen LogP contribution in [0.1, 0.15) is 15.9 Å². The van der Waals surface area contributed by atoms with E-state index in [2.05, 4.69) is 27.2 Å². The molecule has 0 aliphatic heterocycles. The summed E-state index contributed by atoms with van der Waals surface area (Å²) in [6, 6.07) is 4.71. The molecule has 3 nitrogen and oxygen atoms in total. The molecule has 0 bridgehead atoms. The highest BCUT2D eigenvalue weighted by atomic mass is 79.9. The molecule has 1 N–H and O–H groups in total. The first kappa shape index (κ1) is 11.8. The SMILES string of the molecule is C=C(CBr)c1ccc(O)c(C(=O)OC)c1. The quantitative estimate of drug-likeness (QED) is 0.679. The summed E-state index contributed by atoms with van der Waals surface area (Å²) in [5.74, 6) is -0.648. The van der Waals surface area contributed by atoms with Gasteiger partial charge < -0.3 is 9.84 Å². The van der Waals surface area contributed by atoms with Crippen molar-refractivity contribution < 1.29 is 14.6 Å². The highest BCUT2D eigenvalue weighted by Gasteiger charge is 2.12. The summed E-state index contributed by atoms with van der Waals surface area (Å²) >= 11 is 3.27. The van der Waals surface area contributed by atoms with Crippen LogP contribution < -0.4 is 0 Å². The second-order valence-corrected chi connectivity index (χ2v) is 3.52. The third-order valence-electron chi connectivity index (χ3n) is 1.97. The summed E-state index contributed by atoms with van der Waals surface area (Å²) in [7, 11) is 1.27. The zero-order valence-corrected chi connectivity index (χ0v) is 9.87. The lowest BCUT2D eigenvalue weighted by atomic mass is 10.1. The van der Waals surface area contributed by atoms with Gasteiger partial charge in [0, 0.05) is 5.33 Å². The third kappa shape index (κ3) is 2.59. The van der Waals surface area contributed by atoms with E-state index in [9.17, 15) is 9.90 Å². The molecule has 0 fully saturated rings. The van der Waals surface area contributed by atoms with E-state index in [0.29, 0.717) is 5.33 Å². The van der Waals surface area contributed by atoms with E-state index in [1.54, 1.807) is 12.1 Å². The predicted molar refractivity (Wildman–Crippen MR) is 62.3 cm³/mol. The van der Waals surface area contributed by atoms with Crippen molar-refractivity contribution in [2.24, 2.45) is 0 Å². The number of ether oxygens (including phenoxy) is 1. The monoisotopic (exact) mass is 270 g/mol. The molecule has 0 amide bonds. The predicted octanol–water partition coefficient (Wildman–Crippen LogP) is 2.59. The highest BCUT2D eigenvalue weighted by Crippen LogP contribution is 2.23. The molecule has 1 rings (SSSR count). The number of phenols is 1. The molecule has 0 aliphatic rings. The van der Waals surface area contributed by atoms with Crippen molar-refractivity contribution in [3.05, 3.63) is 35.9 Å². The van der Waals surface area contributed by atoms with E-state index >= 15 is 0 Å². The number of hydrogen-bond donors (Lipinski definition) is 1. The number of alkyl halides is 1. The van der Waals surface area contributed by atoms with Crippen LogP contribution in [0.15, 0.2) is 24.8 Å². The molecule has 0 heterocycles. The van der Waals surface area contributed by atoms with Gasteiger partial charge in [0.15, 0.2) is 0 Å². The smallest absolute Gasteiger partial charge is 0.341 e. The molecule has 0 aliphatic carbocycles. The highest BCUT2D eigenvalue weighted by molar-refractivity contribution is 9.09. The molecule has 4 heteroatoms. The second-order valence-electron chi connectivity index (χ2n) is 2.96. The number of carbonyl (C=O) groups excluding carboxylic acids is 1. The van der Waals surface area contributed by atoms with Gasteiger partial charge in [-0.1, -0.05) is 28.6 Å². The molecular weight excluding hydrogens is 260 g/mol. The molecule has 0 atom stereocenters. The van der Waals surface area contributed by atoms with Crippen molar-refractivity contribution in [1.29, 1.82) is 0 Å². The Labute approximate surface area is 96.5 Å². The van der Waals surface area contributed by atoms with Crippen LogP contribution in [0, 0.1) is 0 Å². The van der Waals surface area contributed by atoms with E-state index in [0.717, 1.165) is 11.1 Å². The first-order valence-corrected chi connectivity index (χ1v) is 5.37. The van der Waals surface area contributed by atoms with Gasteiger partial charge in [-0.25, -0.2) is 4.79 Å². The maximum atomic E-state index is 11.3. The summed E-state index contributed by atoms with van der Waals surface area (Å²) < 4.78 is 4.55. The summed E-state index contributed by atoms with van der Waals surface area (Å²) in [6.45, 7) is 3.82. The van der Waals surface area contributed by atoms with Gasteiger partial charge in [-0.15, -0.1) is 0 Å². The Kier molecular flexibility index (Phi) is 3.91. The van der Waals surface area contributed by atoms with E-state index in [-0.39, 0.29) is 11.3 Å². The largest absolute Gasteiger partial charge is 0.507 e. The average Bonchev–Trinajstić information content (AvgIpc) is 2.27. The molecule has 1 aromatic rings. The average molecular weight is 271 g/mol. The van der Waals surface area contributed by atoms with Crippen LogP contribution in [0.3, 0.4) is 0 Å². The second kappa shape index (κ2) is 4.98. The van der Waals surface area contributed by atoms with Crippen LogP contribution in [-0.2, 0) is 4.74 Å². The molecule has 0 aromatic heterocycles. The zero-order chi connectivity index (χ0) is 11.4. The zero-order valence-electron chi connectivity index (χ0n) is 8.29. The summed E-state index contributed by atoms with van der Waals surface area (Å²) in [5.41, 5.74) is 1.78. The van der Waals surface area contributed by atoms with E-state index in [1.807, 2.05) is 0 Å². The van der Waals surface area contributed by atoms with Gasteiger partial charge in [0.1, 0.15) is 11.3 Å². The molecule has 0 spiro atoms. The van der Waals surface area contributed by atoms with Gasteiger partial charge in [-0.3, -0.25) is 0 Å². The number of esters is 1. The van der Waals surface area contributed by atoms with E-state index in [1.165, 1.54) is 13.2 Å². The van der Waals surface area contributed by atoms with Crippen molar-refractivity contribution in [1.82, 2.24) is 0 Å². The van der Waals surface area contributed by atoms with E-state index in [4.69, 9.17) is 0 Å². The fourth-order valence-electron chi connectivity index (χ4n) is 1.11. The van der Waals surface area contributed by atoms with Gasteiger partial charge in [-0.05, 0) is 23.3 Å². The van der Waals surface area contributed by atoms with Crippen molar-refractivity contribution in [2.75, 3.05) is 12.4 Å². The standard InChI is InChI=1S/C11H11BrO3/c1-7(6-12)8-3-4-10(13)9(5-8)11(14)15-2/h3-5,13H,1,6H2,2H3. The van der Waals surface area contributed by atoms with Crippen molar-refractivity contribution in [3.63, 3.8) is 0 Å².